The average molecular weight is 322 g/mol. The number of aromatic hydroxyl groups is 1. The molecule has 2 N–H and O–H groups in total. The van der Waals surface area contributed by atoms with E-state index in [0.29, 0.717) is 10.6 Å². The predicted molar refractivity (Wildman–Crippen MR) is 94.0 cm³/mol. The van der Waals surface area contributed by atoms with Crippen LogP contribution in [0.4, 0.5) is 5.69 Å². The molecule has 0 spiro atoms. The Morgan fingerprint density at radius 1 is 1.13 bits per heavy atom. The van der Waals surface area contributed by atoms with Crippen LogP contribution in [0.5, 0.6) is 5.88 Å². The van der Waals surface area contributed by atoms with E-state index in [2.05, 4.69) is 15.0 Å². The first-order chi connectivity index (χ1) is 11.2. The zero-order valence-electron chi connectivity index (χ0n) is 12.0. The molecule has 5 heteroatoms. The van der Waals surface area contributed by atoms with E-state index in [1.54, 1.807) is 24.5 Å². The van der Waals surface area contributed by atoms with Crippen LogP contribution < -0.4 is 0 Å². The summed E-state index contributed by atoms with van der Waals surface area (Å²) in [5.74, 6) is 0.0687. The number of rotatable bonds is 2. The normalized spacial score (nSPS) is 11.7. The minimum absolute atomic E-state index is 0.0687. The predicted octanol–water partition coefficient (Wildman–Crippen LogP) is 4.83. The maximum absolute atomic E-state index is 10.1. The van der Waals surface area contributed by atoms with Gasteiger partial charge in [-0.3, -0.25) is 9.98 Å². The molecule has 4 rings (SSSR count). The van der Waals surface area contributed by atoms with Crippen LogP contribution in [0.1, 0.15) is 5.56 Å². The Bertz CT molecular complexity index is 1050. The van der Waals surface area contributed by atoms with Gasteiger partial charge in [-0.05, 0) is 24.3 Å². The molecule has 0 amide bonds. The van der Waals surface area contributed by atoms with E-state index in [1.165, 1.54) is 0 Å². The van der Waals surface area contributed by atoms with Gasteiger partial charge in [0.1, 0.15) is 0 Å². The number of benzene rings is 2. The van der Waals surface area contributed by atoms with Crippen LogP contribution in [-0.4, -0.2) is 21.3 Å². The molecule has 0 bridgehead atoms. The number of hydrogen-bond acceptors (Lipinski definition) is 3. The van der Waals surface area contributed by atoms with Crippen molar-refractivity contribution in [2.75, 3.05) is 0 Å². The van der Waals surface area contributed by atoms with E-state index in [-0.39, 0.29) is 5.88 Å². The molecule has 0 aliphatic heterocycles. The van der Waals surface area contributed by atoms with Gasteiger partial charge in [-0.15, -0.1) is 0 Å². The Morgan fingerprint density at radius 2 is 2.00 bits per heavy atom. The van der Waals surface area contributed by atoms with Crippen molar-refractivity contribution in [3.05, 3.63) is 65.3 Å². The first-order valence-electron chi connectivity index (χ1n) is 7.10. The van der Waals surface area contributed by atoms with Crippen molar-refractivity contribution in [2.24, 2.45) is 4.99 Å². The molecule has 0 saturated heterocycles. The molecule has 0 atom stereocenters. The number of hydrogen-bond donors (Lipinski definition) is 2. The highest BCUT2D eigenvalue weighted by Crippen LogP contribution is 2.29. The molecule has 4 nitrogen and oxygen atoms in total. The van der Waals surface area contributed by atoms with E-state index < -0.39 is 0 Å². The van der Waals surface area contributed by atoms with Gasteiger partial charge in [0.05, 0.1) is 22.3 Å². The van der Waals surface area contributed by atoms with Crippen LogP contribution in [0, 0.1) is 0 Å². The molecule has 0 saturated carbocycles. The van der Waals surface area contributed by atoms with Crippen molar-refractivity contribution in [1.29, 1.82) is 0 Å². The molecule has 0 aliphatic rings. The number of pyridine rings is 1. The van der Waals surface area contributed by atoms with Crippen LogP contribution in [0.2, 0.25) is 5.02 Å². The van der Waals surface area contributed by atoms with Crippen molar-refractivity contribution in [1.82, 2.24) is 9.97 Å². The van der Waals surface area contributed by atoms with Crippen LogP contribution in [0.25, 0.3) is 21.8 Å². The number of fused-ring (bicyclic) bond motifs is 2. The summed E-state index contributed by atoms with van der Waals surface area (Å²) in [7, 11) is 0. The van der Waals surface area contributed by atoms with E-state index >= 15 is 0 Å². The molecule has 2 heterocycles. The molecule has 112 valence electrons. The molecule has 2 aromatic carbocycles. The first kappa shape index (κ1) is 13.8. The number of nitrogens with one attached hydrogen (secondary N) is 1. The van der Waals surface area contributed by atoms with E-state index in [4.69, 9.17) is 11.6 Å². The van der Waals surface area contributed by atoms with Gasteiger partial charge in [-0.25, -0.2) is 0 Å². The summed E-state index contributed by atoms with van der Waals surface area (Å²) in [6.45, 7) is 0. The van der Waals surface area contributed by atoms with Crippen molar-refractivity contribution >= 4 is 45.3 Å². The third-order valence-corrected chi connectivity index (χ3v) is 3.96. The second-order valence-corrected chi connectivity index (χ2v) is 5.62. The minimum atomic E-state index is 0.0687. The standard InChI is InChI=1S/C18H12ClN3O/c19-12-6-7-13-14(18(23)22-16(13)9-12)10-21-15-5-1-3-11-4-2-8-20-17(11)15/h1-10,22-23H. The fraction of sp³-hybridized carbons (Fsp3) is 0. The Balaban J connectivity index is 1.83. The van der Waals surface area contributed by atoms with Gasteiger partial charge < -0.3 is 10.1 Å². The zero-order chi connectivity index (χ0) is 15.8. The molecular formula is C18H12ClN3O. The molecule has 0 unspecified atom stereocenters. The Morgan fingerprint density at radius 3 is 2.91 bits per heavy atom. The lowest BCUT2D eigenvalue weighted by Crippen LogP contribution is -1.81. The van der Waals surface area contributed by atoms with E-state index in [0.717, 1.165) is 27.5 Å². The Hall–Kier alpha value is -2.85. The second-order valence-electron chi connectivity index (χ2n) is 5.19. The van der Waals surface area contributed by atoms with Crippen LogP contribution in [0.3, 0.4) is 0 Å². The lowest BCUT2D eigenvalue weighted by Gasteiger charge is -2.00. The minimum Gasteiger partial charge on any atom is -0.494 e. The second kappa shape index (κ2) is 5.41. The average Bonchev–Trinajstić information content (AvgIpc) is 2.87. The van der Waals surface area contributed by atoms with Crippen LogP contribution in [-0.2, 0) is 0 Å². The maximum Gasteiger partial charge on any atom is 0.198 e. The van der Waals surface area contributed by atoms with Crippen LogP contribution >= 0.6 is 11.6 Å². The molecule has 23 heavy (non-hydrogen) atoms. The lowest BCUT2D eigenvalue weighted by molar-refractivity contribution is 0.457. The summed E-state index contributed by atoms with van der Waals surface area (Å²) in [5, 5.41) is 12.6. The SMILES string of the molecule is Oc1[nH]c2cc(Cl)ccc2c1C=Nc1cccc2cccnc12. The number of halogens is 1. The third kappa shape index (κ3) is 2.43. The van der Waals surface area contributed by atoms with Gasteiger partial charge in [0.2, 0.25) is 0 Å². The molecule has 0 aliphatic carbocycles. The van der Waals surface area contributed by atoms with Gasteiger partial charge in [-0.1, -0.05) is 35.9 Å². The largest absolute Gasteiger partial charge is 0.494 e. The number of aromatic nitrogens is 2. The fourth-order valence-electron chi connectivity index (χ4n) is 2.63. The zero-order valence-corrected chi connectivity index (χ0v) is 12.7. The van der Waals surface area contributed by atoms with E-state index in [1.807, 2.05) is 36.4 Å². The van der Waals surface area contributed by atoms with Crippen LogP contribution in [0.15, 0.2) is 59.7 Å². The number of nitrogens with zero attached hydrogens (tertiary/aromatic N) is 2. The van der Waals surface area contributed by atoms with Crippen molar-refractivity contribution in [3.63, 3.8) is 0 Å². The van der Waals surface area contributed by atoms with E-state index in [9.17, 15) is 5.11 Å². The fourth-order valence-corrected chi connectivity index (χ4v) is 2.81. The van der Waals surface area contributed by atoms with Crippen molar-refractivity contribution < 1.29 is 5.11 Å². The third-order valence-electron chi connectivity index (χ3n) is 3.72. The number of para-hydroxylation sites is 1. The summed E-state index contributed by atoms with van der Waals surface area (Å²) in [6.07, 6.45) is 3.39. The Labute approximate surface area is 137 Å². The summed E-state index contributed by atoms with van der Waals surface area (Å²) < 4.78 is 0. The molecule has 0 fully saturated rings. The van der Waals surface area contributed by atoms with Gasteiger partial charge >= 0.3 is 0 Å². The summed E-state index contributed by atoms with van der Waals surface area (Å²) in [4.78, 5) is 11.8. The first-order valence-corrected chi connectivity index (χ1v) is 7.48. The summed E-state index contributed by atoms with van der Waals surface area (Å²) >= 11 is 5.98. The summed E-state index contributed by atoms with van der Waals surface area (Å²) in [6, 6.07) is 15.1. The summed E-state index contributed by atoms with van der Waals surface area (Å²) in [5.41, 5.74) is 2.98. The van der Waals surface area contributed by atoms with Gasteiger partial charge in [0.15, 0.2) is 5.88 Å². The highest BCUT2D eigenvalue weighted by Gasteiger charge is 2.09. The van der Waals surface area contributed by atoms with Crippen molar-refractivity contribution in [2.45, 2.75) is 0 Å². The number of aromatic amines is 1. The topological polar surface area (TPSA) is 61.3 Å². The monoisotopic (exact) mass is 321 g/mol. The lowest BCUT2D eigenvalue weighted by atomic mass is 10.1. The molecule has 0 radical (unpaired) electrons. The highest BCUT2D eigenvalue weighted by atomic mass is 35.5. The molecule has 4 aromatic rings. The van der Waals surface area contributed by atoms with Gasteiger partial charge in [0.25, 0.3) is 0 Å². The smallest absolute Gasteiger partial charge is 0.198 e. The quantitative estimate of drug-likeness (QED) is 0.520. The maximum atomic E-state index is 10.1. The Kier molecular flexibility index (Phi) is 3.24. The van der Waals surface area contributed by atoms with Gasteiger partial charge in [0, 0.05) is 28.2 Å². The molecular weight excluding hydrogens is 310 g/mol. The molecule has 2 aromatic heterocycles. The van der Waals surface area contributed by atoms with Crippen molar-refractivity contribution in [3.8, 4) is 5.88 Å². The van der Waals surface area contributed by atoms with Gasteiger partial charge in [-0.2, -0.15) is 0 Å². The number of aliphatic imine (C=N–C) groups is 1. The number of H-pyrrole nitrogens is 1. The highest BCUT2D eigenvalue weighted by molar-refractivity contribution is 6.31.